The molecular formula is C33H57N5O5S. The second-order valence-corrected chi connectivity index (χ2v) is 12.5. The summed E-state index contributed by atoms with van der Waals surface area (Å²) in [6.45, 7) is 9.42. The molecule has 250 valence electrons. The van der Waals surface area contributed by atoms with Crippen molar-refractivity contribution in [3.63, 3.8) is 0 Å². The monoisotopic (exact) mass is 635 g/mol. The molecule has 10 nitrogen and oxygen atoms in total. The van der Waals surface area contributed by atoms with Crippen molar-refractivity contribution in [2.45, 2.75) is 114 Å². The van der Waals surface area contributed by atoms with Crippen LogP contribution in [0, 0.1) is 5.92 Å². The van der Waals surface area contributed by atoms with Crippen LogP contribution >= 0.6 is 11.8 Å². The van der Waals surface area contributed by atoms with E-state index in [9.17, 15) is 24.0 Å². The number of hydrogen-bond donors (Lipinski definition) is 4. The molecule has 1 aliphatic carbocycles. The third kappa shape index (κ3) is 16.4. The molecule has 0 radical (unpaired) electrons. The van der Waals surface area contributed by atoms with Crippen molar-refractivity contribution in [1.29, 1.82) is 0 Å². The summed E-state index contributed by atoms with van der Waals surface area (Å²) in [4.78, 5) is 57.7. The van der Waals surface area contributed by atoms with Crippen LogP contribution in [0.3, 0.4) is 0 Å². The van der Waals surface area contributed by atoms with Gasteiger partial charge in [0.25, 0.3) is 11.8 Å². The molecule has 6 N–H and O–H groups in total. The summed E-state index contributed by atoms with van der Waals surface area (Å²) in [5.74, 6) is -0.897. The third-order valence-electron chi connectivity index (χ3n) is 8.07. The zero-order chi connectivity index (χ0) is 33.5. The van der Waals surface area contributed by atoms with Crippen LogP contribution in [-0.4, -0.2) is 79.2 Å². The van der Waals surface area contributed by atoms with Crippen molar-refractivity contribution in [3.05, 3.63) is 29.8 Å². The summed E-state index contributed by atoms with van der Waals surface area (Å²) in [6.07, 6.45) is 14.1. The van der Waals surface area contributed by atoms with Gasteiger partial charge in [0.1, 0.15) is 11.8 Å². The Bertz CT molecular complexity index is 977. The number of rotatable bonds is 12. The highest BCUT2D eigenvalue weighted by Gasteiger charge is 2.38. The van der Waals surface area contributed by atoms with E-state index in [1.807, 2.05) is 25.3 Å². The van der Waals surface area contributed by atoms with Crippen LogP contribution < -0.4 is 22.1 Å². The van der Waals surface area contributed by atoms with Crippen molar-refractivity contribution in [1.82, 2.24) is 15.5 Å². The molecule has 3 unspecified atom stereocenters. The van der Waals surface area contributed by atoms with E-state index in [-0.39, 0.29) is 12.5 Å². The molecule has 2 fully saturated rings. The number of Topliss-reactive ketones (excluding diaryl/α,β-unsaturated/α-hetero) is 1. The number of ketones is 1. The van der Waals surface area contributed by atoms with Gasteiger partial charge in [0, 0.05) is 29.1 Å². The summed E-state index contributed by atoms with van der Waals surface area (Å²) < 4.78 is 0. The van der Waals surface area contributed by atoms with E-state index < -0.39 is 17.2 Å². The minimum absolute atomic E-state index is 0.0586. The molecule has 3 rings (SSSR count). The lowest BCUT2D eigenvalue weighted by atomic mass is 9.85. The van der Waals surface area contributed by atoms with Crippen LogP contribution in [0.5, 0.6) is 0 Å². The van der Waals surface area contributed by atoms with Gasteiger partial charge in [0.2, 0.25) is 12.2 Å². The van der Waals surface area contributed by atoms with Crippen molar-refractivity contribution in [2.24, 2.45) is 17.4 Å². The number of aldehydes is 1. The van der Waals surface area contributed by atoms with Crippen molar-refractivity contribution in [3.8, 4) is 0 Å². The van der Waals surface area contributed by atoms with Crippen LogP contribution in [0.4, 0.5) is 0 Å². The van der Waals surface area contributed by atoms with E-state index in [0.717, 1.165) is 36.6 Å². The van der Waals surface area contributed by atoms with Gasteiger partial charge in [-0.25, -0.2) is 0 Å². The van der Waals surface area contributed by atoms with Crippen molar-refractivity contribution < 1.29 is 24.0 Å². The highest BCUT2D eigenvalue weighted by molar-refractivity contribution is 7.98. The van der Waals surface area contributed by atoms with E-state index in [1.165, 1.54) is 32.1 Å². The third-order valence-corrected chi connectivity index (χ3v) is 8.81. The Hall–Kier alpha value is -2.76. The first-order chi connectivity index (χ1) is 20.9. The Morgan fingerprint density at radius 1 is 1.07 bits per heavy atom. The smallest absolute Gasteiger partial charge is 0.287 e. The van der Waals surface area contributed by atoms with Gasteiger partial charge in [-0.3, -0.25) is 19.2 Å². The van der Waals surface area contributed by atoms with E-state index in [1.54, 1.807) is 30.8 Å². The average Bonchev–Trinajstić information content (AvgIpc) is 3.32. The highest BCUT2D eigenvalue weighted by atomic mass is 32.2. The van der Waals surface area contributed by atoms with E-state index in [0.29, 0.717) is 43.2 Å². The predicted molar refractivity (Wildman–Crippen MR) is 180 cm³/mol. The standard InChI is InChI=1S/C10H18N2O3.C10H11NO2S.C7H14.C6H14N2/c1-3-5-6-10(4-2,12-7-13)8(14)9(11)15;1-14-9-4-2-8(3-5-9)10(13)11-6-7-12;1-7-5-3-2-4-6-7;1-5-3-6(7)4-8(5)2/h7H,3-6H2,1-2H3,(H2,11,15)(H,12,13);2-5,7H,6H2,1H3,(H,11,13);7H,2-6H2,1H3;5-6H,3-4,7H2,1-2H3. The molecule has 3 atom stereocenters. The summed E-state index contributed by atoms with van der Waals surface area (Å²) in [7, 11) is 2.12. The number of nitrogens with zero attached hydrogens (tertiary/aromatic N) is 1. The SMILES string of the molecule is CC1CC(N)CN1C.CC1CCCCC1.CCCCC(CC)(NC=O)C(=O)C(N)=O.CSc1ccc(C(=O)NCC=O)cc1. The number of amides is 3. The van der Waals surface area contributed by atoms with Crippen LogP contribution in [0.1, 0.15) is 102 Å². The molecule has 1 aliphatic heterocycles. The normalized spacial score (nSPS) is 19.2. The van der Waals surface area contributed by atoms with Crippen LogP contribution in [0.15, 0.2) is 29.2 Å². The Balaban J connectivity index is 0.000000585. The maximum Gasteiger partial charge on any atom is 0.287 e. The molecular weight excluding hydrogens is 578 g/mol. The molecule has 44 heavy (non-hydrogen) atoms. The number of primary amides is 1. The first-order valence-electron chi connectivity index (χ1n) is 15.8. The van der Waals surface area contributed by atoms with Crippen LogP contribution in [0.25, 0.3) is 0 Å². The number of unbranched alkanes of at least 4 members (excludes halogenated alkanes) is 1. The number of likely N-dealkylation sites (tertiary alicyclic amines) is 1. The van der Waals surface area contributed by atoms with Gasteiger partial charge in [-0.15, -0.1) is 11.8 Å². The van der Waals surface area contributed by atoms with Gasteiger partial charge in [0.05, 0.1) is 6.54 Å². The van der Waals surface area contributed by atoms with Gasteiger partial charge in [-0.2, -0.15) is 0 Å². The lowest BCUT2D eigenvalue weighted by molar-refractivity contribution is -0.141. The molecule has 2 aliphatic rings. The summed E-state index contributed by atoms with van der Waals surface area (Å²) in [5, 5.41) is 4.90. The largest absolute Gasteiger partial charge is 0.363 e. The van der Waals surface area contributed by atoms with Gasteiger partial charge >= 0.3 is 0 Å². The fourth-order valence-electron chi connectivity index (χ4n) is 5.05. The Morgan fingerprint density at radius 2 is 1.68 bits per heavy atom. The summed E-state index contributed by atoms with van der Waals surface area (Å²) >= 11 is 1.62. The van der Waals surface area contributed by atoms with Gasteiger partial charge in [-0.1, -0.05) is 65.7 Å². The Labute approximate surface area is 269 Å². The molecule has 1 saturated carbocycles. The number of carbonyl (C=O) groups excluding carboxylic acids is 5. The highest BCUT2D eigenvalue weighted by Crippen LogP contribution is 2.22. The molecule has 0 spiro atoms. The number of likely N-dealkylation sites (N-methyl/N-ethyl adjacent to an activating group) is 1. The fraction of sp³-hybridized carbons (Fsp3) is 0.667. The second kappa shape index (κ2) is 23.6. The number of nitrogens with two attached hydrogens (primary N) is 2. The Morgan fingerprint density at radius 3 is 2.02 bits per heavy atom. The number of carbonyl (C=O) groups is 5. The molecule has 1 aromatic rings. The van der Waals surface area contributed by atoms with Crippen molar-refractivity contribution >= 4 is 42.1 Å². The first-order valence-corrected chi connectivity index (χ1v) is 17.0. The summed E-state index contributed by atoms with van der Waals surface area (Å²) in [5.41, 5.74) is 10.1. The van der Waals surface area contributed by atoms with Crippen LogP contribution in [0.2, 0.25) is 0 Å². The van der Waals surface area contributed by atoms with Gasteiger partial charge < -0.3 is 31.8 Å². The number of nitrogens with one attached hydrogen (secondary N) is 2. The molecule has 1 aromatic carbocycles. The number of benzene rings is 1. The Kier molecular flexibility index (Phi) is 22.1. The summed E-state index contributed by atoms with van der Waals surface area (Å²) in [6, 6.07) is 8.36. The van der Waals surface area contributed by atoms with E-state index in [4.69, 9.17) is 11.5 Å². The average molecular weight is 636 g/mol. The zero-order valence-electron chi connectivity index (χ0n) is 27.7. The van der Waals surface area contributed by atoms with Crippen molar-refractivity contribution in [2.75, 3.05) is 26.4 Å². The number of hydrogen-bond acceptors (Lipinski definition) is 8. The van der Waals surface area contributed by atoms with Gasteiger partial charge in [0.15, 0.2) is 0 Å². The topological polar surface area (TPSA) is 165 Å². The van der Waals surface area contributed by atoms with E-state index >= 15 is 0 Å². The zero-order valence-corrected chi connectivity index (χ0v) is 28.5. The molecule has 1 heterocycles. The number of thioether (sulfide) groups is 1. The maximum atomic E-state index is 11.6. The van der Waals surface area contributed by atoms with E-state index in [2.05, 4.69) is 36.4 Å². The first kappa shape index (κ1) is 41.2. The fourth-order valence-corrected chi connectivity index (χ4v) is 5.45. The maximum absolute atomic E-state index is 11.6. The minimum Gasteiger partial charge on any atom is -0.363 e. The predicted octanol–water partition coefficient (Wildman–Crippen LogP) is 4.09. The minimum atomic E-state index is -1.11. The second-order valence-electron chi connectivity index (χ2n) is 11.6. The molecule has 0 bridgehead atoms. The molecule has 0 aromatic heterocycles. The molecule has 11 heteroatoms. The lowest BCUT2D eigenvalue weighted by Crippen LogP contribution is -2.55. The van der Waals surface area contributed by atoms with Gasteiger partial charge in [-0.05, 0) is 69.7 Å². The molecule has 1 saturated heterocycles. The van der Waals surface area contributed by atoms with Crippen LogP contribution in [-0.2, 0) is 19.2 Å². The quantitative estimate of drug-likeness (QED) is 0.152. The molecule has 3 amide bonds. The lowest BCUT2D eigenvalue weighted by Gasteiger charge is -2.29.